The van der Waals surface area contributed by atoms with E-state index in [4.69, 9.17) is 4.74 Å². The monoisotopic (exact) mass is 297 g/mol. The third-order valence-corrected chi connectivity index (χ3v) is 4.39. The fourth-order valence-electron chi connectivity index (χ4n) is 3.12. The van der Waals surface area contributed by atoms with Crippen LogP contribution in [0.5, 0.6) is 0 Å². The second kappa shape index (κ2) is 7.11. The number of rotatable bonds is 6. The van der Waals surface area contributed by atoms with Crippen LogP contribution in [0.4, 0.5) is 4.79 Å². The highest BCUT2D eigenvalue weighted by molar-refractivity contribution is 5.78. The number of hydrogen-bond acceptors (Lipinski definition) is 3. The van der Waals surface area contributed by atoms with E-state index >= 15 is 0 Å². The van der Waals surface area contributed by atoms with Gasteiger partial charge in [-0.3, -0.25) is 4.79 Å². The van der Waals surface area contributed by atoms with E-state index in [1.54, 1.807) is 0 Å². The molecule has 1 saturated carbocycles. The lowest BCUT2D eigenvalue weighted by molar-refractivity contribution is -0.127. The van der Waals surface area contributed by atoms with Gasteiger partial charge >= 0.3 is 6.03 Å². The Kier molecular flexibility index (Phi) is 5.45. The zero-order valence-electron chi connectivity index (χ0n) is 13.1. The van der Waals surface area contributed by atoms with Crippen molar-refractivity contribution >= 4 is 11.9 Å². The van der Waals surface area contributed by atoms with Crippen molar-refractivity contribution in [3.63, 3.8) is 0 Å². The summed E-state index contributed by atoms with van der Waals surface area (Å²) in [5.74, 6) is 0.688. The van der Waals surface area contributed by atoms with Crippen molar-refractivity contribution in [1.29, 1.82) is 0 Å². The second-order valence-corrected chi connectivity index (χ2v) is 6.23. The molecule has 0 aromatic carbocycles. The van der Waals surface area contributed by atoms with Crippen molar-refractivity contribution < 1.29 is 14.3 Å². The molecular formula is C15H27N3O3. The smallest absolute Gasteiger partial charge is 0.317 e. The number of urea groups is 1. The van der Waals surface area contributed by atoms with Crippen molar-refractivity contribution in [3.8, 4) is 0 Å². The van der Waals surface area contributed by atoms with E-state index in [1.165, 1.54) is 20.0 Å². The van der Waals surface area contributed by atoms with Gasteiger partial charge in [0.15, 0.2) is 0 Å². The molecular weight excluding hydrogens is 270 g/mol. The average molecular weight is 297 g/mol. The summed E-state index contributed by atoms with van der Waals surface area (Å²) in [6.07, 6.45) is 5.22. The summed E-state index contributed by atoms with van der Waals surface area (Å²) in [7, 11) is 1.53. The average Bonchev–Trinajstić information content (AvgIpc) is 3.23. The lowest BCUT2D eigenvalue weighted by Crippen LogP contribution is -2.58. The zero-order chi connectivity index (χ0) is 15.3. The molecule has 2 fully saturated rings. The molecule has 2 rings (SSSR count). The SMILES string of the molecule is CCNC(=O)N1CCC(CC2CC2)(NC(=O)COC)CC1. The summed E-state index contributed by atoms with van der Waals surface area (Å²) in [6.45, 7) is 4.07. The van der Waals surface area contributed by atoms with Crippen LogP contribution in [-0.4, -0.2) is 55.7 Å². The molecule has 0 atom stereocenters. The van der Waals surface area contributed by atoms with E-state index in [0.29, 0.717) is 19.6 Å². The van der Waals surface area contributed by atoms with Crippen LogP contribution in [0.2, 0.25) is 0 Å². The van der Waals surface area contributed by atoms with Gasteiger partial charge in [0.1, 0.15) is 6.61 Å². The lowest BCUT2D eigenvalue weighted by atomic mass is 9.82. The number of piperidine rings is 1. The minimum absolute atomic E-state index is 0.000685. The van der Waals surface area contributed by atoms with Crippen LogP contribution in [0, 0.1) is 5.92 Å². The lowest BCUT2D eigenvalue weighted by Gasteiger charge is -2.42. The summed E-state index contributed by atoms with van der Waals surface area (Å²) in [4.78, 5) is 25.6. The number of amides is 3. The topological polar surface area (TPSA) is 70.7 Å². The number of ether oxygens (including phenoxy) is 1. The fourth-order valence-corrected chi connectivity index (χ4v) is 3.12. The van der Waals surface area contributed by atoms with Gasteiger partial charge in [-0.25, -0.2) is 4.79 Å². The van der Waals surface area contributed by atoms with E-state index < -0.39 is 0 Å². The van der Waals surface area contributed by atoms with Crippen molar-refractivity contribution in [2.45, 2.75) is 44.6 Å². The highest BCUT2D eigenvalue weighted by atomic mass is 16.5. The first-order valence-electron chi connectivity index (χ1n) is 7.91. The van der Waals surface area contributed by atoms with Gasteiger partial charge < -0.3 is 20.3 Å². The minimum Gasteiger partial charge on any atom is -0.375 e. The molecule has 6 nitrogen and oxygen atoms in total. The van der Waals surface area contributed by atoms with Crippen molar-refractivity contribution in [3.05, 3.63) is 0 Å². The van der Waals surface area contributed by atoms with Crippen LogP contribution < -0.4 is 10.6 Å². The van der Waals surface area contributed by atoms with Gasteiger partial charge in [0.05, 0.1) is 0 Å². The Morgan fingerprint density at radius 3 is 2.48 bits per heavy atom. The van der Waals surface area contributed by atoms with Crippen molar-refractivity contribution in [2.24, 2.45) is 5.92 Å². The standard InChI is InChI=1S/C15H27N3O3/c1-3-16-14(20)18-8-6-15(7-9-18,10-12-4-5-12)17-13(19)11-21-2/h12H,3-11H2,1-2H3,(H,16,20)(H,17,19). The predicted molar refractivity (Wildman–Crippen MR) is 80.0 cm³/mol. The second-order valence-electron chi connectivity index (χ2n) is 6.23. The van der Waals surface area contributed by atoms with Gasteiger partial charge in [-0.1, -0.05) is 12.8 Å². The number of carbonyl (C=O) groups excluding carboxylic acids is 2. The van der Waals surface area contributed by atoms with Gasteiger partial charge in [0, 0.05) is 32.3 Å². The van der Waals surface area contributed by atoms with Gasteiger partial charge in [0.2, 0.25) is 5.91 Å². The molecule has 2 N–H and O–H groups in total. The van der Waals surface area contributed by atoms with E-state index in [-0.39, 0.29) is 24.1 Å². The quantitative estimate of drug-likeness (QED) is 0.771. The van der Waals surface area contributed by atoms with Gasteiger partial charge in [-0.15, -0.1) is 0 Å². The Bertz CT molecular complexity index is 374. The molecule has 0 aromatic rings. The highest BCUT2D eigenvalue weighted by Crippen LogP contribution is 2.40. The van der Waals surface area contributed by atoms with E-state index in [0.717, 1.165) is 25.2 Å². The summed E-state index contributed by atoms with van der Waals surface area (Å²) in [6, 6.07) is 0.000685. The zero-order valence-corrected chi connectivity index (χ0v) is 13.1. The van der Waals surface area contributed by atoms with Crippen molar-refractivity contribution in [2.75, 3.05) is 33.4 Å². The van der Waals surface area contributed by atoms with Crippen LogP contribution in [0.25, 0.3) is 0 Å². The summed E-state index contributed by atoms with van der Waals surface area (Å²) < 4.78 is 4.92. The third-order valence-electron chi connectivity index (χ3n) is 4.39. The Morgan fingerprint density at radius 2 is 1.95 bits per heavy atom. The first-order chi connectivity index (χ1) is 10.1. The molecule has 1 aliphatic carbocycles. The molecule has 2 aliphatic rings. The van der Waals surface area contributed by atoms with Crippen LogP contribution in [0.3, 0.4) is 0 Å². The van der Waals surface area contributed by atoms with Crippen LogP contribution in [0.15, 0.2) is 0 Å². The van der Waals surface area contributed by atoms with Crippen LogP contribution in [-0.2, 0) is 9.53 Å². The van der Waals surface area contributed by atoms with Gasteiger partial charge in [0.25, 0.3) is 0 Å². The summed E-state index contributed by atoms with van der Waals surface area (Å²) in [5.41, 5.74) is -0.153. The molecule has 21 heavy (non-hydrogen) atoms. The predicted octanol–water partition coefficient (Wildman–Crippen LogP) is 1.11. The van der Waals surface area contributed by atoms with Gasteiger partial charge in [-0.2, -0.15) is 0 Å². The number of carbonyl (C=O) groups is 2. The molecule has 1 heterocycles. The maximum absolute atomic E-state index is 11.9. The fraction of sp³-hybridized carbons (Fsp3) is 0.867. The molecule has 0 unspecified atom stereocenters. The van der Waals surface area contributed by atoms with Crippen LogP contribution >= 0.6 is 0 Å². The Labute approximate surface area is 126 Å². The van der Waals surface area contributed by atoms with Crippen LogP contribution in [0.1, 0.15) is 39.0 Å². The Hall–Kier alpha value is -1.30. The number of nitrogens with zero attached hydrogens (tertiary/aromatic N) is 1. The van der Waals surface area contributed by atoms with Gasteiger partial charge in [-0.05, 0) is 32.1 Å². The molecule has 1 aliphatic heterocycles. The molecule has 1 saturated heterocycles. The summed E-state index contributed by atoms with van der Waals surface area (Å²) in [5, 5.41) is 6.01. The van der Waals surface area contributed by atoms with E-state index in [1.807, 2.05) is 11.8 Å². The molecule has 0 aromatic heterocycles. The van der Waals surface area contributed by atoms with E-state index in [9.17, 15) is 9.59 Å². The largest absolute Gasteiger partial charge is 0.375 e. The minimum atomic E-state index is -0.153. The normalized spacial score (nSPS) is 21.0. The Balaban J connectivity index is 1.92. The third kappa shape index (κ3) is 4.59. The first kappa shape index (κ1) is 16.1. The molecule has 0 bridgehead atoms. The molecule has 0 spiro atoms. The number of nitrogens with one attached hydrogen (secondary N) is 2. The first-order valence-corrected chi connectivity index (χ1v) is 7.91. The molecule has 6 heteroatoms. The Morgan fingerprint density at radius 1 is 1.29 bits per heavy atom. The van der Waals surface area contributed by atoms with E-state index in [2.05, 4.69) is 10.6 Å². The van der Waals surface area contributed by atoms with Crippen molar-refractivity contribution in [1.82, 2.24) is 15.5 Å². The maximum atomic E-state index is 11.9. The molecule has 0 radical (unpaired) electrons. The summed E-state index contributed by atoms with van der Waals surface area (Å²) >= 11 is 0. The highest BCUT2D eigenvalue weighted by Gasteiger charge is 2.41. The number of hydrogen-bond donors (Lipinski definition) is 2. The molecule has 120 valence electrons. The maximum Gasteiger partial charge on any atom is 0.317 e. The number of methoxy groups -OCH3 is 1. The number of likely N-dealkylation sites (tertiary alicyclic amines) is 1. The molecule has 3 amide bonds.